The van der Waals surface area contributed by atoms with Crippen LogP contribution in [0.25, 0.3) is 0 Å². The summed E-state index contributed by atoms with van der Waals surface area (Å²) in [4.78, 5) is 22.0. The van der Waals surface area contributed by atoms with E-state index < -0.39 is 22.0 Å². The van der Waals surface area contributed by atoms with Gasteiger partial charge in [-0.2, -0.15) is 0 Å². The first kappa shape index (κ1) is 16.6. The van der Waals surface area contributed by atoms with Gasteiger partial charge in [-0.3, -0.25) is 4.79 Å². The number of methoxy groups -OCH3 is 1. The fourth-order valence-corrected chi connectivity index (χ4v) is 4.34. The van der Waals surface area contributed by atoms with Crippen molar-refractivity contribution in [3.05, 3.63) is 15.8 Å². The predicted molar refractivity (Wildman–Crippen MR) is 72.5 cm³/mol. The number of hydrogen-bond acceptors (Lipinski definition) is 6. The van der Waals surface area contributed by atoms with E-state index in [-0.39, 0.29) is 22.7 Å². The number of carboxylic acid groups (broad SMARTS) is 1. The molecule has 9 heteroatoms. The monoisotopic (exact) mass is 321 g/mol. The van der Waals surface area contributed by atoms with Crippen molar-refractivity contribution in [2.75, 3.05) is 20.7 Å². The number of carbonyl (C=O) groups is 2. The molecule has 1 rings (SSSR count). The molecule has 112 valence electrons. The molecular formula is C11H15NO6S2. The summed E-state index contributed by atoms with van der Waals surface area (Å²) < 4.78 is 30.3. The Morgan fingerprint density at radius 1 is 1.45 bits per heavy atom. The highest BCUT2D eigenvalue weighted by atomic mass is 32.2. The molecular weight excluding hydrogens is 306 g/mol. The molecule has 1 heterocycles. The van der Waals surface area contributed by atoms with Gasteiger partial charge in [-0.25, -0.2) is 17.5 Å². The maximum Gasteiger partial charge on any atom is 0.349 e. The number of hydrogen-bond donors (Lipinski definition) is 1. The lowest BCUT2D eigenvalue weighted by molar-refractivity contribution is -0.137. The Hall–Kier alpha value is -1.45. The number of sulfonamides is 1. The Morgan fingerprint density at radius 2 is 2.05 bits per heavy atom. The van der Waals surface area contributed by atoms with E-state index in [0.717, 1.165) is 15.6 Å². The van der Waals surface area contributed by atoms with Crippen LogP contribution < -0.4 is 0 Å². The maximum atomic E-state index is 12.4. The highest BCUT2D eigenvalue weighted by Crippen LogP contribution is 2.29. The zero-order valence-electron chi connectivity index (χ0n) is 11.2. The minimum atomic E-state index is -3.93. The maximum absolute atomic E-state index is 12.4. The largest absolute Gasteiger partial charge is 0.481 e. The van der Waals surface area contributed by atoms with E-state index in [2.05, 4.69) is 4.74 Å². The Bertz CT molecular complexity index is 619. The summed E-state index contributed by atoms with van der Waals surface area (Å²) in [6.07, 6.45) is -0.313. The summed E-state index contributed by atoms with van der Waals surface area (Å²) in [5.41, 5.74) is 0.428. The van der Waals surface area contributed by atoms with Gasteiger partial charge in [0.1, 0.15) is 9.77 Å². The molecule has 0 fully saturated rings. The van der Waals surface area contributed by atoms with Crippen LogP contribution in [0.5, 0.6) is 0 Å². The quantitative estimate of drug-likeness (QED) is 0.783. The summed E-state index contributed by atoms with van der Waals surface area (Å²) >= 11 is 0.981. The van der Waals surface area contributed by atoms with Gasteiger partial charge in [0.05, 0.1) is 13.5 Å². The summed E-state index contributed by atoms with van der Waals surface area (Å²) in [6, 6.07) is 0. The van der Waals surface area contributed by atoms with Crippen molar-refractivity contribution in [3.8, 4) is 0 Å². The molecule has 0 radical (unpaired) electrons. The van der Waals surface area contributed by atoms with Gasteiger partial charge in [0.2, 0.25) is 10.0 Å². The van der Waals surface area contributed by atoms with Gasteiger partial charge in [0.25, 0.3) is 0 Å². The van der Waals surface area contributed by atoms with Gasteiger partial charge >= 0.3 is 11.9 Å². The van der Waals surface area contributed by atoms with Crippen LogP contribution in [0.3, 0.4) is 0 Å². The van der Waals surface area contributed by atoms with Crippen LogP contribution in [0.15, 0.2) is 10.3 Å². The van der Waals surface area contributed by atoms with Crippen molar-refractivity contribution in [1.29, 1.82) is 0 Å². The van der Waals surface area contributed by atoms with Gasteiger partial charge in [0, 0.05) is 13.6 Å². The molecule has 0 amide bonds. The van der Waals surface area contributed by atoms with Crippen molar-refractivity contribution in [2.24, 2.45) is 0 Å². The Morgan fingerprint density at radius 3 is 2.55 bits per heavy atom. The van der Waals surface area contributed by atoms with Gasteiger partial charge in [-0.1, -0.05) is 0 Å². The molecule has 1 N–H and O–H groups in total. The Balaban J connectivity index is 3.18. The molecule has 0 aliphatic rings. The molecule has 0 spiro atoms. The third-order valence-corrected chi connectivity index (χ3v) is 5.85. The number of ether oxygens (including phenoxy) is 1. The average molecular weight is 321 g/mol. The van der Waals surface area contributed by atoms with E-state index in [9.17, 15) is 18.0 Å². The van der Waals surface area contributed by atoms with Gasteiger partial charge in [-0.05, 0) is 17.9 Å². The Labute approximate surface area is 120 Å². The lowest BCUT2D eigenvalue weighted by atomic mass is 10.3. The second-order valence-corrected chi connectivity index (χ2v) is 6.90. The number of aliphatic carboxylic acids is 1. The Kier molecular flexibility index (Phi) is 5.26. The van der Waals surface area contributed by atoms with E-state index in [1.54, 1.807) is 12.3 Å². The van der Waals surface area contributed by atoms with Gasteiger partial charge < -0.3 is 9.84 Å². The molecule has 0 unspecified atom stereocenters. The van der Waals surface area contributed by atoms with Crippen LogP contribution in [0, 0.1) is 6.92 Å². The number of nitrogens with zero attached hydrogens (tertiary/aromatic N) is 1. The minimum Gasteiger partial charge on any atom is -0.481 e. The highest BCUT2D eigenvalue weighted by molar-refractivity contribution is 7.89. The summed E-state index contributed by atoms with van der Waals surface area (Å²) in [5, 5.41) is 10.1. The molecule has 20 heavy (non-hydrogen) atoms. The lowest BCUT2D eigenvalue weighted by Gasteiger charge is -2.17. The third kappa shape index (κ3) is 3.35. The SMILES string of the molecule is COC(=O)c1scc(C)c1S(=O)(=O)N(C)CCC(=O)O. The van der Waals surface area contributed by atoms with Crippen molar-refractivity contribution < 1.29 is 27.9 Å². The van der Waals surface area contributed by atoms with E-state index in [1.807, 2.05) is 0 Å². The first-order valence-corrected chi connectivity index (χ1v) is 7.88. The van der Waals surface area contributed by atoms with Crippen molar-refractivity contribution in [2.45, 2.75) is 18.2 Å². The van der Waals surface area contributed by atoms with E-state index >= 15 is 0 Å². The van der Waals surface area contributed by atoms with Crippen LogP contribution >= 0.6 is 11.3 Å². The number of esters is 1. The van der Waals surface area contributed by atoms with Crippen LogP contribution in [0.1, 0.15) is 21.7 Å². The minimum absolute atomic E-state index is 0.00725. The molecule has 0 aromatic carbocycles. The number of rotatable bonds is 6. The summed E-state index contributed by atoms with van der Waals surface area (Å²) in [5.74, 6) is -1.82. The average Bonchev–Trinajstić information content (AvgIpc) is 2.77. The summed E-state index contributed by atoms with van der Waals surface area (Å²) in [7, 11) is -1.49. The second-order valence-electron chi connectivity index (χ2n) is 4.04. The van der Waals surface area contributed by atoms with Crippen molar-refractivity contribution >= 4 is 33.3 Å². The van der Waals surface area contributed by atoms with E-state index in [1.165, 1.54) is 14.2 Å². The first-order chi connectivity index (χ1) is 9.21. The fourth-order valence-electron chi connectivity index (χ4n) is 1.52. The highest BCUT2D eigenvalue weighted by Gasteiger charge is 2.30. The van der Waals surface area contributed by atoms with E-state index in [0.29, 0.717) is 5.56 Å². The zero-order chi connectivity index (χ0) is 15.5. The van der Waals surface area contributed by atoms with Crippen LogP contribution in [0.2, 0.25) is 0 Å². The molecule has 1 aromatic heterocycles. The van der Waals surface area contributed by atoms with Crippen LogP contribution in [-0.2, 0) is 19.6 Å². The topological polar surface area (TPSA) is 101 Å². The standard InChI is InChI=1S/C11H15NO6S2/c1-7-6-19-9(11(15)18-3)10(7)20(16,17)12(2)5-4-8(13)14/h6H,4-5H2,1-3H3,(H,13,14). The normalized spacial score (nSPS) is 11.6. The molecule has 0 bridgehead atoms. The number of carbonyl (C=O) groups excluding carboxylic acids is 1. The predicted octanol–water partition coefficient (Wildman–Crippen LogP) is 0.938. The fraction of sp³-hybridized carbons (Fsp3) is 0.455. The zero-order valence-corrected chi connectivity index (χ0v) is 12.9. The van der Waals surface area contributed by atoms with Crippen molar-refractivity contribution in [1.82, 2.24) is 4.31 Å². The molecule has 0 aliphatic heterocycles. The smallest absolute Gasteiger partial charge is 0.349 e. The molecule has 7 nitrogen and oxygen atoms in total. The van der Waals surface area contributed by atoms with Gasteiger partial charge in [-0.15, -0.1) is 11.3 Å². The third-order valence-electron chi connectivity index (χ3n) is 2.60. The van der Waals surface area contributed by atoms with Crippen molar-refractivity contribution in [3.63, 3.8) is 0 Å². The number of thiophene rings is 1. The molecule has 1 aromatic rings. The molecule has 0 saturated carbocycles. The van der Waals surface area contributed by atoms with Crippen LogP contribution in [-0.4, -0.2) is 50.5 Å². The first-order valence-electron chi connectivity index (χ1n) is 5.56. The molecule has 0 atom stereocenters. The molecule has 0 saturated heterocycles. The second kappa shape index (κ2) is 6.33. The number of carboxylic acids is 1. The van der Waals surface area contributed by atoms with E-state index in [4.69, 9.17) is 5.11 Å². The van der Waals surface area contributed by atoms with Crippen LogP contribution in [0.4, 0.5) is 0 Å². The lowest BCUT2D eigenvalue weighted by Crippen LogP contribution is -2.30. The van der Waals surface area contributed by atoms with Gasteiger partial charge in [0.15, 0.2) is 0 Å². The summed E-state index contributed by atoms with van der Waals surface area (Å²) in [6.45, 7) is 1.40. The molecule has 0 aliphatic carbocycles. The number of aryl methyl sites for hydroxylation is 1.